The summed E-state index contributed by atoms with van der Waals surface area (Å²) < 4.78 is 6.93. The molecular formula is C29H39N5O3. The van der Waals surface area contributed by atoms with Gasteiger partial charge in [0.15, 0.2) is 0 Å². The first kappa shape index (κ1) is 27.9. The standard InChI is InChI=1S/C29H39N5O3/c1-20-13-14-23(22(3)17-20)30-28(36)33(15-10-16-37-7)19-27(35)31-26-18-25(29(4,5)6)32-34(26)24-12-9-8-11-21(24)2/h8-9,11-14,17-18H,10,15-16,19H2,1-7H3,(H,30,36)(H,31,35). The van der Waals surface area contributed by atoms with E-state index >= 15 is 0 Å². The molecule has 3 amide bonds. The largest absolute Gasteiger partial charge is 0.385 e. The summed E-state index contributed by atoms with van der Waals surface area (Å²) in [5.41, 5.74) is 5.38. The number of urea groups is 1. The number of para-hydroxylation sites is 1. The van der Waals surface area contributed by atoms with E-state index in [2.05, 4.69) is 31.4 Å². The molecule has 0 unspecified atom stereocenters. The zero-order valence-electron chi connectivity index (χ0n) is 23.0. The number of anilines is 2. The van der Waals surface area contributed by atoms with Crippen LogP contribution in [-0.2, 0) is 14.9 Å². The van der Waals surface area contributed by atoms with Gasteiger partial charge in [-0.15, -0.1) is 0 Å². The molecule has 0 aliphatic heterocycles. The lowest BCUT2D eigenvalue weighted by Crippen LogP contribution is -2.41. The number of benzene rings is 2. The quantitative estimate of drug-likeness (QED) is 0.370. The van der Waals surface area contributed by atoms with Gasteiger partial charge in [-0.05, 0) is 50.5 Å². The highest BCUT2D eigenvalue weighted by atomic mass is 16.5. The van der Waals surface area contributed by atoms with E-state index in [0.717, 1.165) is 33.8 Å². The normalized spacial score (nSPS) is 11.3. The molecule has 1 heterocycles. The minimum atomic E-state index is -0.332. The molecule has 0 bridgehead atoms. The van der Waals surface area contributed by atoms with Crippen molar-refractivity contribution in [3.63, 3.8) is 0 Å². The predicted molar refractivity (Wildman–Crippen MR) is 149 cm³/mol. The number of nitrogens with one attached hydrogen (secondary N) is 2. The van der Waals surface area contributed by atoms with E-state index in [1.165, 1.54) is 4.90 Å². The molecule has 198 valence electrons. The van der Waals surface area contributed by atoms with Gasteiger partial charge in [0.05, 0.1) is 11.4 Å². The first-order valence-electron chi connectivity index (χ1n) is 12.6. The van der Waals surface area contributed by atoms with Crippen LogP contribution in [0.2, 0.25) is 0 Å². The van der Waals surface area contributed by atoms with Gasteiger partial charge in [-0.25, -0.2) is 9.48 Å². The molecule has 37 heavy (non-hydrogen) atoms. The fourth-order valence-electron chi connectivity index (χ4n) is 3.98. The molecule has 0 aliphatic carbocycles. The highest BCUT2D eigenvalue weighted by Crippen LogP contribution is 2.27. The Morgan fingerprint density at radius 2 is 1.73 bits per heavy atom. The van der Waals surface area contributed by atoms with E-state index < -0.39 is 0 Å². The van der Waals surface area contributed by atoms with Gasteiger partial charge in [0.2, 0.25) is 5.91 Å². The molecule has 0 aliphatic rings. The molecule has 2 N–H and O–H groups in total. The Bertz CT molecular complexity index is 1240. The molecule has 2 aromatic carbocycles. The van der Waals surface area contributed by atoms with Crippen molar-refractivity contribution in [2.45, 2.75) is 53.4 Å². The topological polar surface area (TPSA) is 88.5 Å². The van der Waals surface area contributed by atoms with Crippen molar-refractivity contribution in [2.75, 3.05) is 37.4 Å². The van der Waals surface area contributed by atoms with E-state index in [1.54, 1.807) is 11.8 Å². The third-order valence-electron chi connectivity index (χ3n) is 6.11. The number of hydrogen-bond acceptors (Lipinski definition) is 4. The first-order valence-corrected chi connectivity index (χ1v) is 12.6. The van der Waals surface area contributed by atoms with Gasteiger partial charge < -0.3 is 20.3 Å². The van der Waals surface area contributed by atoms with Crippen molar-refractivity contribution in [3.8, 4) is 5.69 Å². The third kappa shape index (κ3) is 7.43. The smallest absolute Gasteiger partial charge is 0.322 e. The van der Waals surface area contributed by atoms with Crippen molar-refractivity contribution < 1.29 is 14.3 Å². The van der Waals surface area contributed by atoms with Gasteiger partial charge in [-0.3, -0.25) is 4.79 Å². The van der Waals surface area contributed by atoms with Crippen LogP contribution in [-0.4, -0.2) is 53.4 Å². The van der Waals surface area contributed by atoms with Crippen LogP contribution in [0.5, 0.6) is 0 Å². The summed E-state index contributed by atoms with van der Waals surface area (Å²) in [7, 11) is 1.62. The lowest BCUT2D eigenvalue weighted by molar-refractivity contribution is -0.116. The average molecular weight is 506 g/mol. The molecule has 8 nitrogen and oxygen atoms in total. The predicted octanol–water partition coefficient (Wildman–Crippen LogP) is 5.60. The number of aryl methyl sites for hydroxylation is 3. The average Bonchev–Trinajstić information content (AvgIpc) is 3.24. The molecule has 0 fully saturated rings. The summed E-state index contributed by atoms with van der Waals surface area (Å²) in [5, 5.41) is 10.8. The van der Waals surface area contributed by atoms with Crippen molar-refractivity contribution in [1.29, 1.82) is 0 Å². The summed E-state index contributed by atoms with van der Waals surface area (Å²) in [5.74, 6) is 0.263. The molecule has 3 rings (SSSR count). The van der Waals surface area contributed by atoms with Crippen LogP contribution in [0.4, 0.5) is 16.3 Å². The maximum atomic E-state index is 13.2. The number of rotatable bonds is 9. The number of carbonyl (C=O) groups excluding carboxylic acids is 2. The van der Waals surface area contributed by atoms with Gasteiger partial charge in [-0.2, -0.15) is 5.10 Å². The summed E-state index contributed by atoms with van der Waals surface area (Å²) in [6.45, 7) is 13.0. The molecule has 0 radical (unpaired) electrons. The van der Waals surface area contributed by atoms with E-state index in [9.17, 15) is 9.59 Å². The second-order valence-electron chi connectivity index (χ2n) is 10.4. The highest BCUT2D eigenvalue weighted by molar-refractivity contribution is 5.97. The van der Waals surface area contributed by atoms with E-state index in [4.69, 9.17) is 9.84 Å². The minimum absolute atomic E-state index is 0.107. The SMILES string of the molecule is COCCCN(CC(=O)Nc1cc(C(C)(C)C)nn1-c1ccccc1C)C(=O)Nc1ccc(C)cc1C. The summed E-state index contributed by atoms with van der Waals surface area (Å²) in [6, 6.07) is 15.3. The first-order chi connectivity index (χ1) is 17.5. The van der Waals surface area contributed by atoms with Gasteiger partial charge in [-0.1, -0.05) is 56.7 Å². The second kappa shape index (κ2) is 12.1. The minimum Gasteiger partial charge on any atom is -0.385 e. The molecule has 0 spiro atoms. The van der Waals surface area contributed by atoms with Crippen LogP contribution in [0.3, 0.4) is 0 Å². The molecule has 8 heteroatoms. The Kier molecular flexibility index (Phi) is 9.10. The second-order valence-corrected chi connectivity index (χ2v) is 10.4. The fraction of sp³-hybridized carbons (Fsp3) is 0.414. The number of ether oxygens (including phenoxy) is 1. The third-order valence-corrected chi connectivity index (χ3v) is 6.11. The van der Waals surface area contributed by atoms with Crippen LogP contribution < -0.4 is 10.6 Å². The van der Waals surface area contributed by atoms with Crippen molar-refractivity contribution in [1.82, 2.24) is 14.7 Å². The molecule has 0 saturated heterocycles. The molecular weight excluding hydrogens is 466 g/mol. The number of carbonyl (C=O) groups is 2. The van der Waals surface area contributed by atoms with Crippen LogP contribution >= 0.6 is 0 Å². The maximum Gasteiger partial charge on any atom is 0.322 e. The van der Waals surface area contributed by atoms with Gasteiger partial charge in [0.1, 0.15) is 12.4 Å². The fourth-order valence-corrected chi connectivity index (χ4v) is 3.98. The molecule has 0 saturated carbocycles. The van der Waals surface area contributed by atoms with Crippen LogP contribution in [0.1, 0.15) is 49.6 Å². The van der Waals surface area contributed by atoms with E-state index in [-0.39, 0.29) is 23.9 Å². The molecule has 3 aromatic rings. The van der Waals surface area contributed by atoms with E-state index in [0.29, 0.717) is 25.4 Å². The van der Waals surface area contributed by atoms with Crippen molar-refractivity contribution in [2.24, 2.45) is 0 Å². The summed E-state index contributed by atoms with van der Waals surface area (Å²) in [4.78, 5) is 27.9. The number of methoxy groups -OCH3 is 1. The lowest BCUT2D eigenvalue weighted by Gasteiger charge is -2.23. The van der Waals surface area contributed by atoms with Crippen LogP contribution in [0.25, 0.3) is 5.69 Å². The van der Waals surface area contributed by atoms with Crippen LogP contribution in [0.15, 0.2) is 48.5 Å². The van der Waals surface area contributed by atoms with Gasteiger partial charge >= 0.3 is 6.03 Å². The van der Waals surface area contributed by atoms with E-state index in [1.807, 2.05) is 69.3 Å². The van der Waals surface area contributed by atoms with Gasteiger partial charge in [0, 0.05) is 37.4 Å². The number of nitrogens with zero attached hydrogens (tertiary/aromatic N) is 3. The Morgan fingerprint density at radius 1 is 1.00 bits per heavy atom. The number of hydrogen-bond donors (Lipinski definition) is 2. The molecule has 1 aromatic heterocycles. The monoisotopic (exact) mass is 505 g/mol. The Labute approximate surface area is 220 Å². The van der Waals surface area contributed by atoms with Crippen molar-refractivity contribution in [3.05, 3.63) is 70.9 Å². The summed E-state index contributed by atoms with van der Waals surface area (Å²) >= 11 is 0. The zero-order valence-corrected chi connectivity index (χ0v) is 23.0. The Morgan fingerprint density at radius 3 is 2.38 bits per heavy atom. The lowest BCUT2D eigenvalue weighted by atomic mass is 9.92. The maximum absolute atomic E-state index is 13.2. The summed E-state index contributed by atoms with van der Waals surface area (Å²) in [6.07, 6.45) is 0.611. The number of aromatic nitrogens is 2. The Hall–Kier alpha value is -3.65. The number of amides is 3. The Balaban J connectivity index is 1.82. The van der Waals surface area contributed by atoms with Gasteiger partial charge in [0.25, 0.3) is 0 Å². The molecule has 0 atom stereocenters. The highest BCUT2D eigenvalue weighted by Gasteiger charge is 2.23. The van der Waals surface area contributed by atoms with Crippen molar-refractivity contribution >= 4 is 23.4 Å². The van der Waals surface area contributed by atoms with Crippen LogP contribution in [0, 0.1) is 20.8 Å². The zero-order chi connectivity index (χ0) is 27.2.